The zero-order chi connectivity index (χ0) is 27.0. The van der Waals surface area contributed by atoms with Crippen LogP contribution in [0.2, 0.25) is 5.02 Å². The van der Waals surface area contributed by atoms with E-state index >= 15 is 0 Å². The van der Waals surface area contributed by atoms with Crippen molar-refractivity contribution in [2.75, 3.05) is 7.11 Å². The van der Waals surface area contributed by atoms with E-state index in [4.69, 9.17) is 24.9 Å². The van der Waals surface area contributed by atoms with Crippen LogP contribution in [0, 0.1) is 12.7 Å². The molecule has 38 heavy (non-hydrogen) atoms. The Morgan fingerprint density at radius 1 is 1.05 bits per heavy atom. The highest BCUT2D eigenvalue weighted by Crippen LogP contribution is 2.37. The molecule has 0 fully saturated rings. The SMILES string of the molecule is COc1ccc(Cn2c(=O)c(-c3coc(C)n3)c(OS(=O)(=O)c3ccc(F)cc3)c3cc(Cl)ccc32)cc1. The average Bonchev–Trinajstić information content (AvgIpc) is 3.32. The lowest BCUT2D eigenvalue weighted by Crippen LogP contribution is -2.25. The summed E-state index contributed by atoms with van der Waals surface area (Å²) in [6, 6.07) is 16.0. The van der Waals surface area contributed by atoms with Crippen LogP contribution in [0.5, 0.6) is 11.5 Å². The summed E-state index contributed by atoms with van der Waals surface area (Å²) < 4.78 is 57.5. The molecule has 0 N–H and O–H groups in total. The first kappa shape index (κ1) is 25.5. The fraction of sp³-hybridized carbons (Fsp3) is 0.111. The molecule has 0 spiro atoms. The number of ether oxygens (including phenoxy) is 1. The Kier molecular flexibility index (Phi) is 6.68. The summed E-state index contributed by atoms with van der Waals surface area (Å²) in [4.78, 5) is 18.0. The Morgan fingerprint density at radius 3 is 2.39 bits per heavy atom. The van der Waals surface area contributed by atoms with Crippen molar-refractivity contribution >= 4 is 32.6 Å². The minimum Gasteiger partial charge on any atom is -0.497 e. The summed E-state index contributed by atoms with van der Waals surface area (Å²) in [6.07, 6.45) is 1.25. The highest BCUT2D eigenvalue weighted by molar-refractivity contribution is 7.87. The molecular weight excluding hydrogens is 535 g/mol. The van der Waals surface area contributed by atoms with E-state index in [1.165, 1.54) is 16.9 Å². The second kappa shape index (κ2) is 9.96. The largest absolute Gasteiger partial charge is 0.497 e. The lowest BCUT2D eigenvalue weighted by Gasteiger charge is -2.18. The van der Waals surface area contributed by atoms with Gasteiger partial charge in [0, 0.05) is 17.3 Å². The summed E-state index contributed by atoms with van der Waals surface area (Å²) in [5, 5.41) is 0.547. The number of rotatable bonds is 7. The number of nitrogens with zero attached hydrogens (tertiary/aromatic N) is 2. The van der Waals surface area contributed by atoms with E-state index in [0.29, 0.717) is 16.3 Å². The number of aromatic nitrogens is 2. The van der Waals surface area contributed by atoms with Crippen molar-refractivity contribution < 1.29 is 26.1 Å². The van der Waals surface area contributed by atoms with Gasteiger partial charge in [-0.2, -0.15) is 8.42 Å². The molecule has 0 bridgehead atoms. The normalized spacial score (nSPS) is 11.6. The van der Waals surface area contributed by atoms with Gasteiger partial charge in [0.05, 0.1) is 19.2 Å². The Bertz CT molecular complexity index is 1810. The minimum absolute atomic E-state index is 0.0853. The molecule has 5 aromatic rings. The fourth-order valence-corrected chi connectivity index (χ4v) is 5.15. The van der Waals surface area contributed by atoms with Gasteiger partial charge in [-0.3, -0.25) is 4.79 Å². The van der Waals surface area contributed by atoms with Crippen LogP contribution in [-0.2, 0) is 16.7 Å². The van der Waals surface area contributed by atoms with Crippen LogP contribution in [0.3, 0.4) is 0 Å². The van der Waals surface area contributed by atoms with Gasteiger partial charge in [-0.15, -0.1) is 0 Å². The van der Waals surface area contributed by atoms with Crippen LogP contribution in [0.25, 0.3) is 22.2 Å². The molecular formula is C27H20ClFN2O6S. The number of oxazole rings is 1. The maximum absolute atomic E-state index is 14.0. The van der Waals surface area contributed by atoms with Gasteiger partial charge in [0.1, 0.15) is 34.0 Å². The predicted molar refractivity (Wildman–Crippen MR) is 140 cm³/mol. The number of hydrogen-bond donors (Lipinski definition) is 0. The Morgan fingerprint density at radius 2 is 1.76 bits per heavy atom. The topological polar surface area (TPSA) is 101 Å². The van der Waals surface area contributed by atoms with Crippen LogP contribution in [-0.4, -0.2) is 25.1 Å². The first-order chi connectivity index (χ1) is 18.2. The van der Waals surface area contributed by atoms with E-state index in [-0.39, 0.29) is 39.7 Å². The van der Waals surface area contributed by atoms with Gasteiger partial charge in [0.25, 0.3) is 5.56 Å². The van der Waals surface area contributed by atoms with Crippen molar-refractivity contribution in [1.82, 2.24) is 9.55 Å². The molecule has 11 heteroatoms. The summed E-state index contributed by atoms with van der Waals surface area (Å²) in [6.45, 7) is 1.74. The van der Waals surface area contributed by atoms with Crippen LogP contribution < -0.4 is 14.5 Å². The lowest BCUT2D eigenvalue weighted by atomic mass is 10.1. The van der Waals surface area contributed by atoms with Crippen LogP contribution in [0.1, 0.15) is 11.5 Å². The molecule has 0 amide bonds. The predicted octanol–water partition coefficient (Wildman–Crippen LogP) is 5.58. The Balaban J connectivity index is 1.77. The highest BCUT2D eigenvalue weighted by atomic mass is 35.5. The number of pyridine rings is 1. The molecule has 0 unspecified atom stereocenters. The number of benzene rings is 3. The monoisotopic (exact) mass is 554 g/mol. The molecule has 0 radical (unpaired) electrons. The molecule has 0 saturated carbocycles. The Hall–Kier alpha value is -4.15. The maximum Gasteiger partial charge on any atom is 0.339 e. The first-order valence-corrected chi connectivity index (χ1v) is 13.1. The van der Waals surface area contributed by atoms with Gasteiger partial charge in [-0.25, -0.2) is 9.37 Å². The number of halogens is 2. The van der Waals surface area contributed by atoms with Gasteiger partial charge in [-0.1, -0.05) is 23.7 Å². The molecule has 0 atom stereocenters. The van der Waals surface area contributed by atoms with Crippen molar-refractivity contribution in [2.24, 2.45) is 0 Å². The lowest BCUT2D eigenvalue weighted by molar-refractivity contribution is 0.414. The summed E-state index contributed by atoms with van der Waals surface area (Å²) in [5.74, 6) is 0.0445. The molecule has 0 saturated heterocycles. The van der Waals surface area contributed by atoms with Crippen molar-refractivity contribution in [3.05, 3.63) is 106 Å². The van der Waals surface area contributed by atoms with E-state index in [2.05, 4.69) is 4.98 Å². The molecule has 5 rings (SSSR count). The van der Waals surface area contributed by atoms with Gasteiger partial charge >= 0.3 is 10.1 Å². The Labute approximate surface area is 222 Å². The zero-order valence-electron chi connectivity index (χ0n) is 20.1. The molecule has 2 heterocycles. The van der Waals surface area contributed by atoms with Crippen molar-refractivity contribution in [2.45, 2.75) is 18.4 Å². The third-order valence-corrected chi connectivity index (χ3v) is 7.32. The molecule has 0 aliphatic rings. The van der Waals surface area contributed by atoms with Gasteiger partial charge in [0.15, 0.2) is 11.6 Å². The van der Waals surface area contributed by atoms with Gasteiger partial charge in [-0.05, 0) is 60.2 Å². The van der Waals surface area contributed by atoms with Crippen molar-refractivity contribution in [3.8, 4) is 22.8 Å². The summed E-state index contributed by atoms with van der Waals surface area (Å²) in [7, 11) is -2.93. The van der Waals surface area contributed by atoms with E-state index in [0.717, 1.165) is 29.8 Å². The summed E-state index contributed by atoms with van der Waals surface area (Å²) >= 11 is 6.30. The molecule has 0 aliphatic carbocycles. The fourth-order valence-electron chi connectivity index (χ4n) is 4.02. The van der Waals surface area contributed by atoms with Crippen LogP contribution in [0.4, 0.5) is 4.39 Å². The van der Waals surface area contributed by atoms with E-state index in [1.807, 2.05) is 12.1 Å². The van der Waals surface area contributed by atoms with Gasteiger partial charge in [0.2, 0.25) is 0 Å². The molecule has 194 valence electrons. The minimum atomic E-state index is -4.48. The third kappa shape index (κ3) is 4.88. The van der Waals surface area contributed by atoms with E-state index < -0.39 is 21.5 Å². The number of methoxy groups -OCH3 is 1. The molecule has 0 aliphatic heterocycles. The van der Waals surface area contributed by atoms with Crippen LogP contribution >= 0.6 is 11.6 Å². The standard InChI is InChI=1S/C27H20ClFN2O6S/c1-16-30-23(15-36-16)25-26(37-38(33,34)21-10-6-19(29)7-11-21)22-13-18(28)5-12-24(22)31(27(25)32)14-17-3-8-20(35-2)9-4-17/h3-13,15H,14H2,1-2H3. The smallest absolute Gasteiger partial charge is 0.339 e. The quantitative estimate of drug-likeness (QED) is 0.242. The number of fused-ring (bicyclic) bond motifs is 1. The molecule has 3 aromatic carbocycles. The van der Waals surface area contributed by atoms with Crippen LogP contribution in [0.15, 0.2) is 87.1 Å². The van der Waals surface area contributed by atoms with Crippen molar-refractivity contribution in [1.29, 1.82) is 0 Å². The molecule has 2 aromatic heterocycles. The number of hydrogen-bond acceptors (Lipinski definition) is 7. The van der Waals surface area contributed by atoms with E-state index in [9.17, 15) is 17.6 Å². The van der Waals surface area contributed by atoms with Crippen molar-refractivity contribution in [3.63, 3.8) is 0 Å². The first-order valence-electron chi connectivity index (χ1n) is 11.3. The second-order valence-corrected chi connectivity index (χ2v) is 10.3. The maximum atomic E-state index is 14.0. The highest BCUT2D eigenvalue weighted by Gasteiger charge is 2.27. The third-order valence-electron chi connectivity index (χ3n) is 5.85. The second-order valence-electron chi connectivity index (χ2n) is 8.35. The average molecular weight is 555 g/mol. The van der Waals surface area contributed by atoms with E-state index in [1.54, 1.807) is 38.3 Å². The zero-order valence-corrected chi connectivity index (χ0v) is 21.7. The molecule has 8 nitrogen and oxygen atoms in total. The summed E-state index contributed by atoms with van der Waals surface area (Å²) in [5.41, 5.74) is 0.564. The number of aryl methyl sites for hydroxylation is 1. The van der Waals surface area contributed by atoms with Gasteiger partial charge < -0.3 is 17.9 Å².